The van der Waals surface area contributed by atoms with Crippen molar-refractivity contribution < 1.29 is 9.67 Å². The molecule has 0 radical (unpaired) electrons. The number of hydrogen-bond donors (Lipinski definition) is 1. The monoisotopic (exact) mass is 580 g/mol. The number of phenols is 1. The van der Waals surface area contributed by atoms with Gasteiger partial charge in [-0.25, -0.2) is 0 Å². The van der Waals surface area contributed by atoms with Gasteiger partial charge in [-0.15, -0.1) is 0 Å². The standard InChI is InChI=1S/C37H45N2O2P/c1-26-14-18-30(19-15-26)38-22-23-39(31-20-16-27(2)17-21-31)42(38,41)35(28-12-10-9-11-13-28)29-24-32(36(3,4)5)34(40)33(25-29)37(6,7)8/h9-21,24-25,35,40H,22-23H2,1-8H3. The molecule has 5 heteroatoms. The lowest BCUT2D eigenvalue weighted by Gasteiger charge is -2.39. The second-order valence-electron chi connectivity index (χ2n) is 13.8. The van der Waals surface area contributed by atoms with Gasteiger partial charge in [-0.1, -0.05) is 119 Å². The van der Waals surface area contributed by atoms with Gasteiger partial charge in [0.2, 0.25) is 0 Å². The molecule has 1 heterocycles. The quantitative estimate of drug-likeness (QED) is 0.239. The molecule has 1 unspecified atom stereocenters. The zero-order chi connectivity index (χ0) is 30.4. The molecule has 220 valence electrons. The number of nitrogens with zero attached hydrogens (tertiary/aromatic N) is 2. The van der Waals surface area contributed by atoms with E-state index in [1.54, 1.807) is 0 Å². The largest absolute Gasteiger partial charge is 0.507 e. The van der Waals surface area contributed by atoms with Crippen molar-refractivity contribution in [3.63, 3.8) is 0 Å². The van der Waals surface area contributed by atoms with E-state index in [-0.39, 0.29) is 10.8 Å². The van der Waals surface area contributed by atoms with Crippen LogP contribution in [0.25, 0.3) is 0 Å². The molecule has 0 spiro atoms. The van der Waals surface area contributed by atoms with Gasteiger partial charge in [0.15, 0.2) is 0 Å². The van der Waals surface area contributed by atoms with Crippen molar-refractivity contribution in [3.05, 3.63) is 124 Å². The highest BCUT2D eigenvalue weighted by Crippen LogP contribution is 2.71. The summed E-state index contributed by atoms with van der Waals surface area (Å²) in [5, 5.41) is 11.6. The molecule has 0 saturated carbocycles. The maximum Gasteiger partial charge on any atom is 0.274 e. The van der Waals surface area contributed by atoms with Gasteiger partial charge in [0.25, 0.3) is 7.44 Å². The van der Waals surface area contributed by atoms with E-state index in [1.165, 1.54) is 11.1 Å². The van der Waals surface area contributed by atoms with Crippen molar-refractivity contribution in [1.29, 1.82) is 0 Å². The van der Waals surface area contributed by atoms with Crippen LogP contribution in [0.15, 0.2) is 91.0 Å². The highest BCUT2D eigenvalue weighted by atomic mass is 31.2. The molecule has 0 amide bonds. The molecule has 4 aromatic carbocycles. The van der Waals surface area contributed by atoms with Crippen LogP contribution in [0.4, 0.5) is 11.4 Å². The van der Waals surface area contributed by atoms with E-state index in [2.05, 4.69) is 138 Å². The van der Waals surface area contributed by atoms with E-state index >= 15 is 4.57 Å². The first kappa shape index (κ1) is 30.0. The van der Waals surface area contributed by atoms with Crippen LogP contribution in [0, 0.1) is 13.8 Å². The molecular formula is C37H45N2O2P. The molecule has 0 aromatic heterocycles. The number of aryl methyl sites for hydroxylation is 2. The Labute approximate surface area is 252 Å². The normalized spacial score (nSPS) is 16.1. The molecule has 0 aliphatic carbocycles. The topological polar surface area (TPSA) is 43.8 Å². The molecule has 1 fully saturated rings. The molecule has 42 heavy (non-hydrogen) atoms. The molecule has 1 atom stereocenters. The van der Waals surface area contributed by atoms with Crippen molar-refractivity contribution in [2.75, 3.05) is 22.4 Å². The number of phenolic OH excluding ortho intramolecular Hbond substituents is 1. The highest BCUT2D eigenvalue weighted by molar-refractivity contribution is 7.68. The van der Waals surface area contributed by atoms with E-state index < -0.39 is 13.1 Å². The van der Waals surface area contributed by atoms with Crippen molar-refractivity contribution >= 4 is 18.8 Å². The maximum atomic E-state index is 16.3. The second kappa shape index (κ2) is 11.0. The Kier molecular flexibility index (Phi) is 7.83. The predicted octanol–water partition coefficient (Wildman–Crippen LogP) is 9.91. The Bertz CT molecular complexity index is 1500. The summed E-state index contributed by atoms with van der Waals surface area (Å²) in [4.78, 5) is 0. The van der Waals surface area contributed by atoms with E-state index in [0.717, 1.165) is 33.6 Å². The van der Waals surface area contributed by atoms with Gasteiger partial charge in [0, 0.05) is 24.5 Å². The van der Waals surface area contributed by atoms with Gasteiger partial charge < -0.3 is 14.4 Å². The van der Waals surface area contributed by atoms with Gasteiger partial charge in [-0.05, 0) is 71.2 Å². The van der Waals surface area contributed by atoms with Crippen LogP contribution in [0.5, 0.6) is 5.75 Å². The lowest BCUT2D eigenvalue weighted by Crippen LogP contribution is -2.26. The minimum Gasteiger partial charge on any atom is -0.507 e. The van der Waals surface area contributed by atoms with Gasteiger partial charge in [-0.2, -0.15) is 0 Å². The Morgan fingerprint density at radius 3 is 1.43 bits per heavy atom. The summed E-state index contributed by atoms with van der Waals surface area (Å²) in [5.74, 6) is 0.334. The molecule has 0 bridgehead atoms. The van der Waals surface area contributed by atoms with E-state index in [0.29, 0.717) is 18.8 Å². The summed E-state index contributed by atoms with van der Waals surface area (Å²) < 4.78 is 20.7. The number of anilines is 2. The summed E-state index contributed by atoms with van der Waals surface area (Å²) >= 11 is 0. The molecule has 1 aliphatic heterocycles. The minimum atomic E-state index is -3.39. The van der Waals surface area contributed by atoms with Crippen LogP contribution in [0.1, 0.15) is 80.6 Å². The van der Waals surface area contributed by atoms with Crippen LogP contribution < -0.4 is 9.34 Å². The minimum absolute atomic E-state index is 0.307. The Morgan fingerprint density at radius 1 is 0.643 bits per heavy atom. The van der Waals surface area contributed by atoms with Crippen molar-refractivity contribution in [1.82, 2.24) is 0 Å². The molecular weight excluding hydrogens is 535 g/mol. The summed E-state index contributed by atoms with van der Waals surface area (Å²) in [6, 6.07) is 31.3. The van der Waals surface area contributed by atoms with Crippen LogP contribution in [0.3, 0.4) is 0 Å². The smallest absolute Gasteiger partial charge is 0.274 e. The second-order valence-corrected chi connectivity index (χ2v) is 16.4. The lowest BCUT2D eigenvalue weighted by atomic mass is 9.78. The SMILES string of the molecule is Cc1ccc(N2CCN(c3ccc(C)cc3)P2(=O)C(c2ccccc2)c2cc(C(C)(C)C)c(O)c(C(C)(C)C)c2)cc1. The van der Waals surface area contributed by atoms with Gasteiger partial charge in [-0.3, -0.25) is 4.57 Å². The first-order valence-electron chi connectivity index (χ1n) is 14.9. The van der Waals surface area contributed by atoms with Gasteiger partial charge in [0.05, 0.1) is 5.66 Å². The molecule has 4 nitrogen and oxygen atoms in total. The highest BCUT2D eigenvalue weighted by Gasteiger charge is 2.51. The zero-order valence-electron chi connectivity index (χ0n) is 26.3. The number of rotatable bonds is 5. The fourth-order valence-corrected chi connectivity index (χ4v) is 9.68. The van der Waals surface area contributed by atoms with Crippen molar-refractivity contribution in [2.24, 2.45) is 0 Å². The molecule has 1 N–H and O–H groups in total. The van der Waals surface area contributed by atoms with Crippen molar-refractivity contribution in [2.45, 2.75) is 71.9 Å². The average Bonchev–Trinajstić information content (AvgIpc) is 3.27. The molecule has 4 aromatic rings. The Hall–Kier alpha value is -3.49. The third kappa shape index (κ3) is 5.50. The van der Waals surface area contributed by atoms with Gasteiger partial charge in [0.1, 0.15) is 5.75 Å². The first-order valence-corrected chi connectivity index (χ1v) is 16.6. The maximum absolute atomic E-state index is 16.3. The van der Waals surface area contributed by atoms with Crippen molar-refractivity contribution in [3.8, 4) is 5.75 Å². The fraction of sp³-hybridized carbons (Fsp3) is 0.351. The third-order valence-electron chi connectivity index (χ3n) is 8.40. The molecule has 1 saturated heterocycles. The lowest BCUT2D eigenvalue weighted by molar-refractivity contribution is 0.422. The Morgan fingerprint density at radius 2 is 1.05 bits per heavy atom. The zero-order valence-corrected chi connectivity index (χ0v) is 27.2. The number of benzene rings is 4. The Balaban J connectivity index is 1.85. The predicted molar refractivity (Wildman–Crippen MR) is 178 cm³/mol. The fourth-order valence-electron chi connectivity index (χ4n) is 6.08. The van der Waals surface area contributed by atoms with Crippen LogP contribution in [-0.4, -0.2) is 18.2 Å². The van der Waals surface area contributed by atoms with E-state index in [9.17, 15) is 5.11 Å². The van der Waals surface area contributed by atoms with Crippen LogP contribution in [-0.2, 0) is 15.4 Å². The number of hydrogen-bond acceptors (Lipinski definition) is 2. The number of aromatic hydroxyl groups is 1. The molecule has 5 rings (SSSR count). The van der Waals surface area contributed by atoms with E-state index in [4.69, 9.17) is 0 Å². The summed E-state index contributed by atoms with van der Waals surface area (Å²) in [6.07, 6.45) is 0. The van der Waals surface area contributed by atoms with E-state index in [1.807, 2.05) is 18.2 Å². The summed E-state index contributed by atoms with van der Waals surface area (Å²) in [5.41, 5.74) is 6.92. The average molecular weight is 581 g/mol. The van der Waals surface area contributed by atoms with Crippen LogP contribution >= 0.6 is 7.44 Å². The third-order valence-corrected chi connectivity index (χ3v) is 11.9. The summed E-state index contributed by atoms with van der Waals surface area (Å²) in [6.45, 7) is 18.2. The van der Waals surface area contributed by atoms with Gasteiger partial charge >= 0.3 is 0 Å². The molecule has 1 aliphatic rings. The van der Waals surface area contributed by atoms with Crippen LogP contribution in [0.2, 0.25) is 0 Å². The first-order chi connectivity index (χ1) is 19.7. The summed E-state index contributed by atoms with van der Waals surface area (Å²) in [7, 11) is -3.39.